The lowest BCUT2D eigenvalue weighted by atomic mass is 9.85. The molecule has 1 aromatic heterocycles. The van der Waals surface area contributed by atoms with E-state index in [1.54, 1.807) is 24.3 Å². The molecule has 1 saturated heterocycles. The van der Waals surface area contributed by atoms with Gasteiger partial charge in [-0.3, -0.25) is 34.3 Å². The Morgan fingerprint density at radius 1 is 1.04 bits per heavy atom. The van der Waals surface area contributed by atoms with Crippen molar-refractivity contribution in [2.45, 2.75) is 89.6 Å². The molecule has 13 nitrogen and oxygen atoms in total. The molecule has 3 heterocycles. The van der Waals surface area contributed by atoms with Gasteiger partial charge in [-0.25, -0.2) is 4.68 Å². The number of hydrogen-bond donors (Lipinski definition) is 4. The summed E-state index contributed by atoms with van der Waals surface area (Å²) >= 11 is 6.26. The molecule has 3 aromatic rings. The SMILES string of the molecule is CCC[C@H](NC(=O)[C@@H]1C[C@]2(C=C(c3cccc(Cl)c3)NO2)CN1C(=O)[C@@H](NC(=O)c1ccnn1-c1ccccc1)C(C)(C)C)C(=O)C(=O)NC1CC1. The number of aromatic nitrogens is 2. The Morgan fingerprint density at radius 3 is 2.46 bits per heavy atom. The third-order valence-corrected chi connectivity index (χ3v) is 9.69. The number of carbonyl (C=O) groups is 5. The van der Waals surface area contributed by atoms with Gasteiger partial charge in [0.1, 0.15) is 23.4 Å². The summed E-state index contributed by atoms with van der Waals surface area (Å²) in [6.45, 7) is 7.28. The molecule has 1 saturated carbocycles. The van der Waals surface area contributed by atoms with Gasteiger partial charge in [-0.15, -0.1) is 0 Å². The molecule has 4 amide bonds. The molecule has 3 aliphatic rings. The molecule has 0 radical (unpaired) electrons. The highest BCUT2D eigenvalue weighted by Gasteiger charge is 2.54. The fraction of sp³-hybridized carbons (Fsp3) is 0.421. The summed E-state index contributed by atoms with van der Waals surface area (Å²) in [5.41, 5.74) is 3.26. The number of ketones is 1. The number of likely N-dealkylation sites (tertiary alicyclic amines) is 1. The number of hydrogen-bond acceptors (Lipinski definition) is 8. The number of Topliss-reactive ketones (excluding diaryl/α,β-unsaturated/α-hetero) is 1. The van der Waals surface area contributed by atoms with Crippen molar-refractivity contribution >= 4 is 46.7 Å². The first kappa shape index (κ1) is 36.8. The van der Waals surface area contributed by atoms with Crippen LogP contribution in [0.25, 0.3) is 11.4 Å². The second-order valence-electron chi connectivity index (χ2n) is 14.7. The fourth-order valence-electron chi connectivity index (χ4n) is 6.56. The van der Waals surface area contributed by atoms with Crippen molar-refractivity contribution in [2.24, 2.45) is 5.41 Å². The van der Waals surface area contributed by atoms with Crippen molar-refractivity contribution in [2.75, 3.05) is 6.54 Å². The zero-order valence-electron chi connectivity index (χ0n) is 29.6. The van der Waals surface area contributed by atoms with E-state index >= 15 is 0 Å². The number of amides is 4. The van der Waals surface area contributed by atoms with Gasteiger partial charge in [-0.05, 0) is 61.1 Å². The monoisotopic (exact) mass is 729 g/mol. The molecule has 2 fully saturated rings. The van der Waals surface area contributed by atoms with Crippen molar-refractivity contribution in [3.8, 4) is 5.69 Å². The van der Waals surface area contributed by atoms with E-state index in [4.69, 9.17) is 16.4 Å². The zero-order chi connectivity index (χ0) is 37.2. The van der Waals surface area contributed by atoms with Crippen LogP contribution in [0.3, 0.4) is 0 Å². The number of nitrogens with zero attached hydrogens (tertiary/aromatic N) is 3. The predicted octanol–water partition coefficient (Wildman–Crippen LogP) is 3.72. The van der Waals surface area contributed by atoms with Crippen LogP contribution in [0, 0.1) is 5.41 Å². The Bertz CT molecular complexity index is 1880. The number of nitrogens with one attached hydrogen (secondary N) is 4. The van der Waals surface area contributed by atoms with Gasteiger partial charge >= 0.3 is 0 Å². The maximum atomic E-state index is 14.7. The van der Waals surface area contributed by atoms with E-state index < -0.39 is 58.6 Å². The van der Waals surface area contributed by atoms with Crippen molar-refractivity contribution in [1.29, 1.82) is 0 Å². The average Bonchev–Trinajstić information content (AvgIpc) is 3.48. The molecule has 4 atom stereocenters. The normalized spacial score (nSPS) is 20.8. The van der Waals surface area contributed by atoms with Crippen LogP contribution in [0.15, 0.2) is 72.9 Å². The van der Waals surface area contributed by atoms with Crippen LogP contribution in [0.2, 0.25) is 5.02 Å². The predicted molar refractivity (Wildman–Crippen MR) is 194 cm³/mol. The molecule has 0 bridgehead atoms. The second kappa shape index (κ2) is 14.9. The standard InChI is InChI=1S/C38H44ClN7O6/c1-5-10-27(31(47)35(50)41-25-15-16-25)42-34(49)30-21-38(20-28(44-52-38)23-11-9-12-24(39)19-23)22-45(30)36(51)32(37(2,3)4)43-33(48)29-17-18-40-46(29)26-13-7-6-8-14-26/h6-9,11-14,17-20,25,27,30,32,44H,5,10,15-16,21-22H2,1-4H3,(H,41,50)(H,42,49)(H,43,48)/t27-,30-,32+,38+/m0/s1. The number of hydroxylamine groups is 1. The van der Waals surface area contributed by atoms with E-state index in [2.05, 4.69) is 26.5 Å². The number of rotatable bonds is 12. The second-order valence-corrected chi connectivity index (χ2v) is 15.2. The zero-order valence-corrected chi connectivity index (χ0v) is 30.4. The van der Waals surface area contributed by atoms with Crippen molar-refractivity contribution in [3.05, 3.63) is 89.2 Å². The first-order valence-electron chi connectivity index (χ1n) is 17.6. The van der Waals surface area contributed by atoms with Gasteiger partial charge in [0.2, 0.25) is 17.6 Å². The first-order chi connectivity index (χ1) is 24.8. The summed E-state index contributed by atoms with van der Waals surface area (Å²) < 4.78 is 1.49. The lowest BCUT2D eigenvalue weighted by Gasteiger charge is -2.35. The van der Waals surface area contributed by atoms with Gasteiger partial charge in [0.15, 0.2) is 0 Å². The molecule has 274 valence electrons. The van der Waals surface area contributed by atoms with Crippen LogP contribution < -0.4 is 21.4 Å². The minimum absolute atomic E-state index is 0.0272. The van der Waals surface area contributed by atoms with Gasteiger partial charge in [-0.2, -0.15) is 5.10 Å². The van der Waals surface area contributed by atoms with Gasteiger partial charge in [-0.1, -0.05) is 76.0 Å². The van der Waals surface area contributed by atoms with Crippen molar-refractivity contribution < 1.29 is 28.8 Å². The third-order valence-electron chi connectivity index (χ3n) is 9.46. The number of carbonyl (C=O) groups excluding carboxylic acids is 5. The average molecular weight is 730 g/mol. The molecular weight excluding hydrogens is 686 g/mol. The minimum Gasteiger partial charge on any atom is -0.347 e. The molecule has 14 heteroatoms. The fourth-order valence-corrected chi connectivity index (χ4v) is 6.75. The number of para-hydroxylation sites is 1. The summed E-state index contributed by atoms with van der Waals surface area (Å²) in [4.78, 5) is 76.3. The summed E-state index contributed by atoms with van der Waals surface area (Å²) in [6, 6.07) is 14.6. The van der Waals surface area contributed by atoms with E-state index in [9.17, 15) is 24.0 Å². The minimum atomic E-state index is -1.14. The van der Waals surface area contributed by atoms with Crippen LogP contribution in [0.4, 0.5) is 0 Å². The highest BCUT2D eigenvalue weighted by molar-refractivity contribution is 6.38. The summed E-state index contributed by atoms with van der Waals surface area (Å²) in [6.07, 6.45) is 5.76. The van der Waals surface area contributed by atoms with Crippen LogP contribution in [0.1, 0.15) is 75.9 Å². The summed E-state index contributed by atoms with van der Waals surface area (Å²) in [7, 11) is 0. The molecular formula is C38H44ClN7O6. The lowest BCUT2D eigenvalue weighted by Crippen LogP contribution is -2.59. The van der Waals surface area contributed by atoms with Crippen LogP contribution in [-0.4, -0.2) is 80.4 Å². The molecule has 2 aliphatic heterocycles. The molecule has 4 N–H and O–H groups in total. The van der Waals surface area contributed by atoms with Crippen molar-refractivity contribution in [1.82, 2.24) is 36.1 Å². The van der Waals surface area contributed by atoms with Gasteiger partial charge in [0, 0.05) is 23.0 Å². The van der Waals surface area contributed by atoms with Gasteiger partial charge in [0.05, 0.1) is 30.2 Å². The highest BCUT2D eigenvalue weighted by atomic mass is 35.5. The Labute approximate surface area is 307 Å². The molecule has 52 heavy (non-hydrogen) atoms. The molecule has 2 aromatic carbocycles. The molecule has 1 spiro atoms. The largest absolute Gasteiger partial charge is 0.347 e. The van der Waals surface area contributed by atoms with Crippen LogP contribution in [0.5, 0.6) is 0 Å². The molecule has 1 aliphatic carbocycles. The first-order valence-corrected chi connectivity index (χ1v) is 17.9. The molecule has 6 rings (SSSR count). The van der Waals surface area contributed by atoms with Gasteiger partial charge in [0.25, 0.3) is 11.8 Å². The quantitative estimate of drug-likeness (QED) is 0.205. The Balaban J connectivity index is 1.30. The number of benzene rings is 2. The number of halogens is 1. The Kier molecular flexibility index (Phi) is 10.5. The van der Waals surface area contributed by atoms with Crippen LogP contribution >= 0.6 is 11.6 Å². The van der Waals surface area contributed by atoms with Crippen molar-refractivity contribution in [3.63, 3.8) is 0 Å². The maximum absolute atomic E-state index is 14.7. The smallest absolute Gasteiger partial charge is 0.289 e. The third kappa shape index (κ3) is 8.05. The lowest BCUT2D eigenvalue weighted by molar-refractivity contribution is -0.144. The van der Waals surface area contributed by atoms with Gasteiger partial charge < -0.3 is 20.9 Å². The Hall–Kier alpha value is -5.01. The summed E-state index contributed by atoms with van der Waals surface area (Å²) in [5, 5.41) is 13.3. The van der Waals surface area contributed by atoms with E-state index in [0.717, 1.165) is 18.4 Å². The topological polar surface area (TPSA) is 164 Å². The van der Waals surface area contributed by atoms with E-state index in [1.807, 2.05) is 70.2 Å². The van der Waals surface area contributed by atoms with E-state index in [0.29, 0.717) is 22.8 Å². The van der Waals surface area contributed by atoms with E-state index in [1.165, 1.54) is 15.8 Å². The van der Waals surface area contributed by atoms with Crippen LogP contribution in [-0.2, 0) is 24.0 Å². The maximum Gasteiger partial charge on any atom is 0.289 e. The van der Waals surface area contributed by atoms with E-state index in [-0.39, 0.29) is 31.1 Å². The molecule has 0 unspecified atom stereocenters. The Morgan fingerprint density at radius 2 is 1.79 bits per heavy atom. The highest BCUT2D eigenvalue weighted by Crippen LogP contribution is 2.39. The summed E-state index contributed by atoms with van der Waals surface area (Å²) in [5.74, 6) is -3.11.